The topological polar surface area (TPSA) is 18.5 Å². The van der Waals surface area contributed by atoms with E-state index in [4.69, 9.17) is 0 Å². The van der Waals surface area contributed by atoms with Crippen molar-refractivity contribution in [2.45, 2.75) is 39.7 Å². The van der Waals surface area contributed by atoms with E-state index in [1.807, 2.05) is 0 Å². The summed E-state index contributed by atoms with van der Waals surface area (Å²) in [5.41, 5.74) is 0.329. The summed E-state index contributed by atoms with van der Waals surface area (Å²) in [6.45, 7) is 11.9. The maximum atomic E-state index is 3.47. The molecule has 1 atom stereocenters. The third kappa shape index (κ3) is 5.25. The summed E-state index contributed by atoms with van der Waals surface area (Å²) in [5, 5.41) is 3.47. The molecule has 1 aliphatic rings. The molecule has 0 bridgehead atoms. The predicted molar refractivity (Wildman–Crippen MR) is 80.0 cm³/mol. The highest BCUT2D eigenvalue weighted by atomic mass is 15.1. The van der Waals surface area contributed by atoms with Crippen LogP contribution in [-0.4, -0.2) is 63.2 Å². The van der Waals surface area contributed by atoms with E-state index in [9.17, 15) is 0 Å². The van der Waals surface area contributed by atoms with Gasteiger partial charge in [0.2, 0.25) is 0 Å². The molecule has 1 aliphatic heterocycles. The summed E-state index contributed by atoms with van der Waals surface area (Å²) in [7, 11) is 6.59. The van der Waals surface area contributed by atoms with Crippen molar-refractivity contribution in [3.63, 3.8) is 0 Å². The van der Waals surface area contributed by atoms with Crippen molar-refractivity contribution >= 4 is 0 Å². The summed E-state index contributed by atoms with van der Waals surface area (Å²) in [6.07, 6.45) is 2.72. The second-order valence-electron chi connectivity index (χ2n) is 7.18. The summed E-state index contributed by atoms with van der Waals surface area (Å²) in [6, 6.07) is 0.564. The molecular weight excluding hydrogens is 222 g/mol. The van der Waals surface area contributed by atoms with Crippen molar-refractivity contribution in [1.82, 2.24) is 15.1 Å². The summed E-state index contributed by atoms with van der Waals surface area (Å²) in [5.74, 6) is 0.892. The number of likely N-dealkylation sites (N-methyl/N-ethyl adjacent to an activating group) is 2. The number of hydrogen-bond donors (Lipinski definition) is 1. The Morgan fingerprint density at radius 1 is 1.28 bits per heavy atom. The molecule has 0 aliphatic carbocycles. The first-order valence-electron chi connectivity index (χ1n) is 7.37. The van der Waals surface area contributed by atoms with Crippen LogP contribution in [-0.2, 0) is 0 Å². The Morgan fingerprint density at radius 3 is 2.28 bits per heavy atom. The second-order valence-corrected chi connectivity index (χ2v) is 7.18. The van der Waals surface area contributed by atoms with Crippen LogP contribution in [0.1, 0.15) is 33.6 Å². The Balaban J connectivity index is 2.34. The van der Waals surface area contributed by atoms with Crippen LogP contribution in [0.25, 0.3) is 0 Å². The van der Waals surface area contributed by atoms with Crippen LogP contribution in [0.15, 0.2) is 0 Å². The van der Waals surface area contributed by atoms with E-state index in [0.717, 1.165) is 12.5 Å². The quantitative estimate of drug-likeness (QED) is 0.809. The van der Waals surface area contributed by atoms with Crippen LogP contribution in [0.5, 0.6) is 0 Å². The number of nitrogens with one attached hydrogen (secondary N) is 1. The van der Waals surface area contributed by atoms with Gasteiger partial charge in [-0.2, -0.15) is 0 Å². The van der Waals surface area contributed by atoms with Crippen LogP contribution in [0.4, 0.5) is 0 Å². The minimum Gasteiger partial charge on any atom is -0.315 e. The molecule has 1 rings (SSSR count). The molecule has 0 aromatic rings. The van der Waals surface area contributed by atoms with Gasteiger partial charge >= 0.3 is 0 Å². The van der Waals surface area contributed by atoms with Crippen LogP contribution >= 0.6 is 0 Å². The maximum absolute atomic E-state index is 3.47. The lowest BCUT2D eigenvalue weighted by Crippen LogP contribution is -2.47. The Labute approximate surface area is 114 Å². The fourth-order valence-electron chi connectivity index (χ4n) is 2.87. The number of piperidine rings is 1. The molecule has 108 valence electrons. The fraction of sp³-hybridized carbons (Fsp3) is 1.00. The zero-order chi connectivity index (χ0) is 13.8. The van der Waals surface area contributed by atoms with Crippen molar-refractivity contribution in [3.05, 3.63) is 0 Å². The van der Waals surface area contributed by atoms with E-state index in [2.05, 4.69) is 57.0 Å². The molecule has 0 aromatic carbocycles. The van der Waals surface area contributed by atoms with E-state index in [1.54, 1.807) is 0 Å². The molecule has 1 heterocycles. The lowest BCUT2D eigenvalue weighted by atomic mass is 9.86. The Morgan fingerprint density at radius 2 is 1.83 bits per heavy atom. The lowest BCUT2D eigenvalue weighted by Gasteiger charge is -2.36. The average molecular weight is 255 g/mol. The van der Waals surface area contributed by atoms with Crippen LogP contribution < -0.4 is 5.32 Å². The molecule has 3 heteroatoms. The molecule has 0 radical (unpaired) electrons. The first-order chi connectivity index (χ1) is 8.32. The van der Waals surface area contributed by atoms with Gasteiger partial charge in [-0.25, -0.2) is 0 Å². The number of nitrogens with zero attached hydrogens (tertiary/aromatic N) is 2. The van der Waals surface area contributed by atoms with Gasteiger partial charge in [-0.05, 0) is 58.4 Å². The van der Waals surface area contributed by atoms with Gasteiger partial charge in [0.25, 0.3) is 0 Å². The van der Waals surface area contributed by atoms with Gasteiger partial charge in [-0.3, -0.25) is 0 Å². The SMILES string of the molecule is CNC(CN(C)CC1CCN(C)CC1)C(C)(C)C. The minimum atomic E-state index is 0.329. The van der Waals surface area contributed by atoms with E-state index < -0.39 is 0 Å². The third-order valence-corrected chi connectivity index (χ3v) is 4.30. The number of likely N-dealkylation sites (tertiary alicyclic amines) is 1. The van der Waals surface area contributed by atoms with E-state index in [0.29, 0.717) is 11.5 Å². The highest BCUT2D eigenvalue weighted by Gasteiger charge is 2.25. The first kappa shape index (κ1) is 15.9. The first-order valence-corrected chi connectivity index (χ1v) is 7.37. The van der Waals surface area contributed by atoms with E-state index >= 15 is 0 Å². The molecular formula is C15H33N3. The van der Waals surface area contributed by atoms with E-state index in [1.165, 1.54) is 32.5 Å². The largest absolute Gasteiger partial charge is 0.315 e. The smallest absolute Gasteiger partial charge is 0.0240 e. The Hall–Kier alpha value is -0.120. The Bertz CT molecular complexity index is 226. The van der Waals surface area contributed by atoms with E-state index in [-0.39, 0.29) is 0 Å². The zero-order valence-corrected chi connectivity index (χ0v) is 13.3. The molecule has 1 saturated heterocycles. The normalized spacial score (nSPS) is 21.5. The molecule has 0 amide bonds. The number of hydrogen-bond acceptors (Lipinski definition) is 3. The molecule has 1 unspecified atom stereocenters. The van der Waals surface area contributed by atoms with Gasteiger partial charge in [0, 0.05) is 19.1 Å². The highest BCUT2D eigenvalue weighted by molar-refractivity contribution is 4.82. The van der Waals surface area contributed by atoms with Gasteiger partial charge in [0.1, 0.15) is 0 Å². The average Bonchev–Trinajstić information content (AvgIpc) is 2.27. The number of rotatable bonds is 5. The second kappa shape index (κ2) is 6.88. The highest BCUT2D eigenvalue weighted by Crippen LogP contribution is 2.21. The van der Waals surface area contributed by atoms with Crippen LogP contribution in [0, 0.1) is 11.3 Å². The van der Waals surface area contributed by atoms with Crippen molar-refractivity contribution in [1.29, 1.82) is 0 Å². The maximum Gasteiger partial charge on any atom is 0.0240 e. The minimum absolute atomic E-state index is 0.329. The van der Waals surface area contributed by atoms with Gasteiger partial charge in [-0.1, -0.05) is 20.8 Å². The van der Waals surface area contributed by atoms with Gasteiger partial charge in [-0.15, -0.1) is 0 Å². The molecule has 1 N–H and O–H groups in total. The standard InChI is InChI=1S/C15H33N3/c1-15(2,3)14(16-4)12-18(6)11-13-7-9-17(5)10-8-13/h13-14,16H,7-12H2,1-6H3. The summed E-state index contributed by atoms with van der Waals surface area (Å²) in [4.78, 5) is 4.96. The van der Waals surface area contributed by atoms with Crippen molar-refractivity contribution in [2.75, 3.05) is 47.3 Å². The Kier molecular flexibility index (Phi) is 6.09. The van der Waals surface area contributed by atoms with Crippen molar-refractivity contribution in [3.8, 4) is 0 Å². The zero-order valence-electron chi connectivity index (χ0n) is 13.3. The van der Waals surface area contributed by atoms with Crippen LogP contribution in [0.3, 0.4) is 0 Å². The van der Waals surface area contributed by atoms with Gasteiger partial charge < -0.3 is 15.1 Å². The summed E-state index contributed by atoms with van der Waals surface area (Å²) < 4.78 is 0. The third-order valence-electron chi connectivity index (χ3n) is 4.30. The van der Waals surface area contributed by atoms with Gasteiger partial charge in [0.15, 0.2) is 0 Å². The molecule has 0 spiro atoms. The summed E-state index contributed by atoms with van der Waals surface area (Å²) >= 11 is 0. The monoisotopic (exact) mass is 255 g/mol. The molecule has 3 nitrogen and oxygen atoms in total. The molecule has 18 heavy (non-hydrogen) atoms. The molecule has 0 aromatic heterocycles. The van der Waals surface area contributed by atoms with Gasteiger partial charge in [0.05, 0.1) is 0 Å². The molecule has 0 saturated carbocycles. The predicted octanol–water partition coefficient (Wildman–Crippen LogP) is 1.89. The lowest BCUT2D eigenvalue weighted by molar-refractivity contribution is 0.149. The molecule has 1 fully saturated rings. The fourth-order valence-corrected chi connectivity index (χ4v) is 2.87. The van der Waals surface area contributed by atoms with Crippen LogP contribution in [0.2, 0.25) is 0 Å². The van der Waals surface area contributed by atoms with Crippen molar-refractivity contribution < 1.29 is 0 Å². The van der Waals surface area contributed by atoms with Crippen molar-refractivity contribution in [2.24, 2.45) is 11.3 Å².